The van der Waals surface area contributed by atoms with Gasteiger partial charge < -0.3 is 9.47 Å². The maximum atomic E-state index is 5.19. The number of hydrazone groups is 1. The average molecular weight is 353 g/mol. The lowest BCUT2D eigenvalue weighted by Gasteiger charge is -2.01. The highest BCUT2D eigenvalue weighted by atomic mass is 32.1. The molecule has 5 nitrogen and oxygen atoms in total. The summed E-state index contributed by atoms with van der Waals surface area (Å²) in [5, 5.41) is 5.01. The SMILES string of the molecule is COc1ccc(/C=N/Nc2nc(-c3ccc(OC)cc3)c(C)s2)cc1. The van der Waals surface area contributed by atoms with Crippen LogP contribution in [0.4, 0.5) is 5.13 Å². The molecule has 0 fully saturated rings. The van der Waals surface area contributed by atoms with Gasteiger partial charge >= 0.3 is 0 Å². The van der Waals surface area contributed by atoms with Gasteiger partial charge in [-0.05, 0) is 61.0 Å². The van der Waals surface area contributed by atoms with Gasteiger partial charge in [-0.2, -0.15) is 5.10 Å². The smallest absolute Gasteiger partial charge is 0.204 e. The lowest BCUT2D eigenvalue weighted by Crippen LogP contribution is -1.90. The summed E-state index contributed by atoms with van der Waals surface area (Å²) >= 11 is 1.57. The van der Waals surface area contributed by atoms with E-state index in [-0.39, 0.29) is 0 Å². The van der Waals surface area contributed by atoms with Gasteiger partial charge in [0.1, 0.15) is 11.5 Å². The van der Waals surface area contributed by atoms with E-state index in [2.05, 4.69) is 22.4 Å². The Balaban J connectivity index is 1.70. The molecule has 1 N–H and O–H groups in total. The molecule has 128 valence electrons. The minimum Gasteiger partial charge on any atom is -0.497 e. The van der Waals surface area contributed by atoms with Gasteiger partial charge in [0.2, 0.25) is 5.13 Å². The van der Waals surface area contributed by atoms with Crippen molar-refractivity contribution in [2.45, 2.75) is 6.92 Å². The zero-order chi connectivity index (χ0) is 17.6. The Morgan fingerprint density at radius 3 is 2.16 bits per heavy atom. The van der Waals surface area contributed by atoms with Crippen LogP contribution in [0, 0.1) is 6.92 Å². The molecule has 0 amide bonds. The van der Waals surface area contributed by atoms with Crippen LogP contribution in [0.2, 0.25) is 0 Å². The molecule has 0 radical (unpaired) electrons. The Morgan fingerprint density at radius 1 is 0.960 bits per heavy atom. The van der Waals surface area contributed by atoms with Crippen molar-refractivity contribution in [1.82, 2.24) is 4.98 Å². The molecular formula is C19H19N3O2S. The molecule has 25 heavy (non-hydrogen) atoms. The maximum absolute atomic E-state index is 5.19. The summed E-state index contributed by atoms with van der Waals surface area (Å²) in [5.74, 6) is 1.66. The van der Waals surface area contributed by atoms with Crippen molar-refractivity contribution < 1.29 is 9.47 Å². The molecule has 0 aliphatic heterocycles. The quantitative estimate of drug-likeness (QED) is 0.520. The lowest BCUT2D eigenvalue weighted by molar-refractivity contribution is 0.414. The van der Waals surface area contributed by atoms with Crippen molar-refractivity contribution in [2.24, 2.45) is 5.10 Å². The van der Waals surface area contributed by atoms with E-state index in [1.165, 1.54) is 0 Å². The maximum Gasteiger partial charge on any atom is 0.204 e. The number of thiazole rings is 1. The second-order valence-corrected chi connectivity index (χ2v) is 6.50. The summed E-state index contributed by atoms with van der Waals surface area (Å²) < 4.78 is 10.3. The summed E-state index contributed by atoms with van der Waals surface area (Å²) in [7, 11) is 3.31. The third kappa shape index (κ3) is 4.16. The van der Waals surface area contributed by atoms with E-state index in [4.69, 9.17) is 9.47 Å². The number of anilines is 1. The molecule has 0 spiro atoms. The Bertz CT molecular complexity index is 855. The van der Waals surface area contributed by atoms with Gasteiger partial charge in [-0.25, -0.2) is 4.98 Å². The summed E-state index contributed by atoms with van der Waals surface area (Å²) in [6, 6.07) is 15.6. The predicted molar refractivity (Wildman–Crippen MR) is 103 cm³/mol. The molecule has 0 aliphatic rings. The standard InChI is InChI=1S/C19H19N3O2S/c1-13-18(15-6-10-17(24-3)11-7-15)21-19(25-13)22-20-12-14-4-8-16(23-2)9-5-14/h4-12H,1-3H3,(H,21,22)/b20-12+. The van der Waals surface area contributed by atoms with Crippen LogP contribution in [0.3, 0.4) is 0 Å². The molecule has 3 rings (SSSR count). The van der Waals surface area contributed by atoms with E-state index >= 15 is 0 Å². The van der Waals surface area contributed by atoms with Crippen LogP contribution in [0.25, 0.3) is 11.3 Å². The Hall–Kier alpha value is -2.86. The first-order chi connectivity index (χ1) is 12.2. The predicted octanol–water partition coefficient (Wildman–Crippen LogP) is 4.58. The number of methoxy groups -OCH3 is 2. The van der Waals surface area contributed by atoms with E-state index in [1.54, 1.807) is 31.8 Å². The fourth-order valence-electron chi connectivity index (χ4n) is 2.31. The molecule has 0 unspecified atom stereocenters. The first-order valence-corrected chi connectivity index (χ1v) is 8.56. The summed E-state index contributed by atoms with van der Waals surface area (Å²) in [5.41, 5.74) is 5.99. The van der Waals surface area contributed by atoms with Crippen LogP contribution in [0.5, 0.6) is 11.5 Å². The van der Waals surface area contributed by atoms with Crippen LogP contribution >= 0.6 is 11.3 Å². The molecule has 0 saturated carbocycles. The van der Waals surface area contributed by atoms with Crippen LogP contribution in [-0.4, -0.2) is 25.4 Å². The minimum absolute atomic E-state index is 0.757. The third-order valence-corrected chi connectivity index (χ3v) is 4.53. The van der Waals surface area contributed by atoms with Crippen LogP contribution < -0.4 is 14.9 Å². The first-order valence-electron chi connectivity index (χ1n) is 7.74. The van der Waals surface area contributed by atoms with Gasteiger partial charge in [0.05, 0.1) is 26.1 Å². The van der Waals surface area contributed by atoms with Crippen LogP contribution in [-0.2, 0) is 0 Å². The third-order valence-electron chi connectivity index (χ3n) is 3.65. The van der Waals surface area contributed by atoms with Crippen molar-refractivity contribution in [1.29, 1.82) is 0 Å². The van der Waals surface area contributed by atoms with Crippen molar-refractivity contribution >= 4 is 22.7 Å². The van der Waals surface area contributed by atoms with E-state index in [0.29, 0.717) is 0 Å². The number of hydrogen-bond donors (Lipinski definition) is 1. The van der Waals surface area contributed by atoms with Gasteiger partial charge in [0, 0.05) is 10.4 Å². The van der Waals surface area contributed by atoms with Gasteiger partial charge in [-0.1, -0.05) is 0 Å². The largest absolute Gasteiger partial charge is 0.497 e. The normalized spacial score (nSPS) is 10.8. The average Bonchev–Trinajstić information content (AvgIpc) is 3.03. The van der Waals surface area contributed by atoms with E-state index in [9.17, 15) is 0 Å². The fourth-order valence-corrected chi connectivity index (χ4v) is 3.10. The van der Waals surface area contributed by atoms with E-state index in [0.717, 1.165) is 38.3 Å². The van der Waals surface area contributed by atoms with Crippen LogP contribution in [0.15, 0.2) is 53.6 Å². The second kappa shape index (κ2) is 7.81. The molecular weight excluding hydrogens is 334 g/mol. The highest BCUT2D eigenvalue weighted by molar-refractivity contribution is 7.15. The van der Waals surface area contributed by atoms with Gasteiger partial charge in [0.15, 0.2) is 0 Å². The Kier molecular flexibility index (Phi) is 5.30. The topological polar surface area (TPSA) is 55.7 Å². The Labute approximate surface area is 151 Å². The molecule has 1 heterocycles. The van der Waals surface area contributed by atoms with Crippen molar-refractivity contribution in [3.05, 3.63) is 59.0 Å². The van der Waals surface area contributed by atoms with Crippen LogP contribution in [0.1, 0.15) is 10.4 Å². The summed E-state index contributed by atoms with van der Waals surface area (Å²) in [6.07, 6.45) is 1.75. The number of aryl methyl sites for hydroxylation is 1. The van der Waals surface area contributed by atoms with Crippen molar-refractivity contribution in [3.63, 3.8) is 0 Å². The molecule has 0 bridgehead atoms. The minimum atomic E-state index is 0.757. The van der Waals surface area contributed by atoms with Crippen molar-refractivity contribution in [2.75, 3.05) is 19.6 Å². The van der Waals surface area contributed by atoms with Crippen molar-refractivity contribution in [3.8, 4) is 22.8 Å². The molecule has 0 saturated heterocycles. The summed E-state index contributed by atoms with van der Waals surface area (Å²) in [6.45, 7) is 2.05. The van der Waals surface area contributed by atoms with Gasteiger partial charge in [0.25, 0.3) is 0 Å². The van der Waals surface area contributed by atoms with E-state index < -0.39 is 0 Å². The molecule has 0 aliphatic carbocycles. The van der Waals surface area contributed by atoms with E-state index in [1.807, 2.05) is 48.5 Å². The lowest BCUT2D eigenvalue weighted by atomic mass is 10.1. The molecule has 0 atom stereocenters. The second-order valence-electron chi connectivity index (χ2n) is 5.30. The number of nitrogens with zero attached hydrogens (tertiary/aromatic N) is 2. The van der Waals surface area contributed by atoms with Gasteiger partial charge in [-0.15, -0.1) is 11.3 Å². The zero-order valence-corrected chi connectivity index (χ0v) is 15.1. The molecule has 3 aromatic rings. The highest BCUT2D eigenvalue weighted by Crippen LogP contribution is 2.31. The molecule has 1 aromatic heterocycles. The zero-order valence-electron chi connectivity index (χ0n) is 14.3. The monoisotopic (exact) mass is 353 g/mol. The number of hydrogen-bond acceptors (Lipinski definition) is 6. The number of rotatable bonds is 6. The number of benzene rings is 2. The molecule has 6 heteroatoms. The Morgan fingerprint density at radius 2 is 1.56 bits per heavy atom. The van der Waals surface area contributed by atoms with Gasteiger partial charge in [-0.3, -0.25) is 5.43 Å². The first kappa shape index (κ1) is 17.0. The number of nitrogens with one attached hydrogen (secondary N) is 1. The fraction of sp³-hybridized carbons (Fsp3) is 0.158. The number of aromatic nitrogens is 1. The summed E-state index contributed by atoms with van der Waals surface area (Å²) in [4.78, 5) is 5.76. The molecule has 2 aromatic carbocycles. The number of ether oxygens (including phenoxy) is 2. The highest BCUT2D eigenvalue weighted by Gasteiger charge is 2.09.